The van der Waals surface area contributed by atoms with Crippen molar-refractivity contribution in [3.63, 3.8) is 0 Å². The van der Waals surface area contributed by atoms with E-state index in [-0.39, 0.29) is 12.3 Å². The Morgan fingerprint density at radius 3 is 2.52 bits per heavy atom. The third kappa shape index (κ3) is 8.07. The third-order valence-corrected chi connectivity index (χ3v) is 3.97. The Hall–Kier alpha value is -2.63. The fraction of sp³-hybridized carbons (Fsp3) is 0.476. The number of benzene rings is 1. The summed E-state index contributed by atoms with van der Waals surface area (Å²) in [4.78, 5) is 36.6. The molecule has 1 amide bonds. The predicted molar refractivity (Wildman–Crippen MR) is 104 cm³/mol. The predicted octanol–water partition coefficient (Wildman–Crippen LogP) is 3.53. The third-order valence-electron chi connectivity index (χ3n) is 3.97. The number of unbranched alkanes of at least 4 members (excludes halogenated alkanes) is 1. The molecule has 0 bridgehead atoms. The van der Waals surface area contributed by atoms with Gasteiger partial charge in [-0.05, 0) is 31.4 Å². The van der Waals surface area contributed by atoms with Gasteiger partial charge in [-0.25, -0.2) is 0 Å². The van der Waals surface area contributed by atoms with Crippen LogP contribution in [0.5, 0.6) is 11.5 Å². The highest BCUT2D eigenvalue weighted by Gasteiger charge is 2.19. The molecule has 0 N–H and O–H groups in total. The summed E-state index contributed by atoms with van der Waals surface area (Å²) in [5, 5.41) is 0. The van der Waals surface area contributed by atoms with Crippen LogP contribution in [0.1, 0.15) is 45.6 Å². The van der Waals surface area contributed by atoms with Crippen molar-refractivity contribution in [1.29, 1.82) is 0 Å². The first kappa shape index (κ1) is 22.4. The van der Waals surface area contributed by atoms with Crippen LogP contribution in [-0.4, -0.2) is 36.7 Å². The number of carbonyl (C=O) groups excluding carboxylic acids is 3. The van der Waals surface area contributed by atoms with E-state index < -0.39 is 11.9 Å². The van der Waals surface area contributed by atoms with Crippen molar-refractivity contribution < 1.29 is 23.9 Å². The average Bonchev–Trinajstić information content (AvgIpc) is 2.59. The van der Waals surface area contributed by atoms with Crippen LogP contribution in [0.4, 0.5) is 0 Å². The lowest BCUT2D eigenvalue weighted by molar-refractivity contribution is -0.132. The topological polar surface area (TPSA) is 72.9 Å². The highest BCUT2D eigenvalue weighted by Crippen LogP contribution is 2.29. The quantitative estimate of drug-likeness (QED) is 0.256. The Morgan fingerprint density at radius 2 is 1.96 bits per heavy atom. The molecule has 1 unspecified atom stereocenters. The number of hydrogen-bond acceptors (Lipinski definition) is 5. The first-order valence-electron chi connectivity index (χ1n) is 9.10. The normalized spacial score (nSPS) is 11.4. The van der Waals surface area contributed by atoms with Gasteiger partial charge in [0, 0.05) is 38.9 Å². The lowest BCUT2D eigenvalue weighted by Crippen LogP contribution is -2.30. The van der Waals surface area contributed by atoms with Crippen LogP contribution in [0.25, 0.3) is 0 Å². The molecule has 0 aromatic heterocycles. The molecule has 1 rings (SSSR count). The number of hydrogen-bond donors (Lipinski definition) is 0. The molecule has 0 radical (unpaired) electrons. The Kier molecular flexibility index (Phi) is 9.26. The van der Waals surface area contributed by atoms with Gasteiger partial charge in [0.15, 0.2) is 0 Å². The summed E-state index contributed by atoms with van der Waals surface area (Å²) in [6.07, 6.45) is 3.23. The van der Waals surface area contributed by atoms with Gasteiger partial charge < -0.3 is 19.2 Å². The maximum Gasteiger partial charge on any atom is 0.308 e. The summed E-state index contributed by atoms with van der Waals surface area (Å²) in [5.41, 5.74) is 0.745. The van der Waals surface area contributed by atoms with Crippen molar-refractivity contribution in [2.24, 2.45) is 5.92 Å². The van der Waals surface area contributed by atoms with E-state index in [0.29, 0.717) is 30.2 Å². The molecule has 6 nitrogen and oxygen atoms in total. The van der Waals surface area contributed by atoms with Gasteiger partial charge in [-0.1, -0.05) is 26.0 Å². The van der Waals surface area contributed by atoms with E-state index in [1.807, 2.05) is 0 Å². The zero-order chi connectivity index (χ0) is 20.4. The summed E-state index contributed by atoms with van der Waals surface area (Å²) in [7, 11) is 1.75. The van der Waals surface area contributed by atoms with E-state index in [9.17, 15) is 14.4 Å². The van der Waals surface area contributed by atoms with Crippen LogP contribution in [0, 0.1) is 5.92 Å². The van der Waals surface area contributed by atoms with E-state index in [0.717, 1.165) is 24.7 Å². The second kappa shape index (κ2) is 11.2. The van der Waals surface area contributed by atoms with Crippen molar-refractivity contribution in [2.45, 2.75) is 46.5 Å². The molecule has 0 saturated heterocycles. The minimum atomic E-state index is -0.464. The molecule has 0 spiro atoms. The van der Waals surface area contributed by atoms with E-state index >= 15 is 0 Å². The zero-order valence-electron chi connectivity index (χ0n) is 16.6. The maximum absolute atomic E-state index is 12.3. The Morgan fingerprint density at radius 1 is 1.26 bits per heavy atom. The van der Waals surface area contributed by atoms with Crippen molar-refractivity contribution in [3.8, 4) is 11.5 Å². The Balaban J connectivity index is 2.92. The van der Waals surface area contributed by atoms with E-state index in [2.05, 4.69) is 13.5 Å². The molecule has 6 heteroatoms. The molecule has 0 saturated carbocycles. The van der Waals surface area contributed by atoms with Crippen LogP contribution in [0.3, 0.4) is 0 Å². The molecule has 1 aromatic carbocycles. The second-order valence-corrected chi connectivity index (χ2v) is 6.64. The summed E-state index contributed by atoms with van der Waals surface area (Å²) in [6.45, 7) is 9.48. The SMILES string of the molecule is C=C(C)Oc1cc(OC(C)=O)ccc1CC(C=O)CC(=O)N(C)CCCC. The highest BCUT2D eigenvalue weighted by molar-refractivity contribution is 5.79. The van der Waals surface area contributed by atoms with E-state index in [4.69, 9.17) is 9.47 Å². The fourth-order valence-corrected chi connectivity index (χ4v) is 2.57. The molecule has 1 aromatic rings. The molecular formula is C21H29NO5. The first-order valence-corrected chi connectivity index (χ1v) is 9.10. The summed E-state index contributed by atoms with van der Waals surface area (Å²) in [5.74, 6) is 0.318. The molecular weight excluding hydrogens is 346 g/mol. The minimum Gasteiger partial charge on any atom is -0.462 e. The molecule has 1 atom stereocenters. The van der Waals surface area contributed by atoms with Gasteiger partial charge >= 0.3 is 5.97 Å². The standard InChI is InChI=1S/C21H29NO5/c1-6-7-10-22(5)21(25)12-17(14-23)11-18-8-9-19(27-16(4)24)13-20(18)26-15(2)3/h8-9,13-14,17H,2,6-7,10-12H2,1,3-5H3. The minimum absolute atomic E-state index is 0.0561. The lowest BCUT2D eigenvalue weighted by Gasteiger charge is -2.20. The summed E-state index contributed by atoms with van der Waals surface area (Å²) >= 11 is 0. The van der Waals surface area contributed by atoms with Crippen LogP contribution in [0.15, 0.2) is 30.5 Å². The van der Waals surface area contributed by atoms with Gasteiger partial charge in [0.2, 0.25) is 5.91 Å². The van der Waals surface area contributed by atoms with Gasteiger partial charge in [0.05, 0.1) is 5.76 Å². The maximum atomic E-state index is 12.3. The second-order valence-electron chi connectivity index (χ2n) is 6.64. The summed E-state index contributed by atoms with van der Waals surface area (Å²) in [6, 6.07) is 4.96. The van der Waals surface area contributed by atoms with Gasteiger partial charge in [-0.15, -0.1) is 0 Å². The first-order chi connectivity index (χ1) is 12.8. The van der Waals surface area contributed by atoms with Crippen molar-refractivity contribution in [2.75, 3.05) is 13.6 Å². The number of ether oxygens (including phenoxy) is 2. The molecule has 0 aliphatic carbocycles. The molecule has 0 aliphatic heterocycles. The van der Waals surface area contributed by atoms with Gasteiger partial charge in [-0.2, -0.15) is 0 Å². The Labute approximate surface area is 161 Å². The highest BCUT2D eigenvalue weighted by atomic mass is 16.5. The Bertz CT molecular complexity index is 683. The van der Waals surface area contributed by atoms with E-state index in [1.54, 1.807) is 37.1 Å². The monoisotopic (exact) mass is 375 g/mol. The van der Waals surface area contributed by atoms with Gasteiger partial charge in [0.25, 0.3) is 0 Å². The van der Waals surface area contributed by atoms with Crippen molar-refractivity contribution in [3.05, 3.63) is 36.1 Å². The van der Waals surface area contributed by atoms with Crippen LogP contribution >= 0.6 is 0 Å². The lowest BCUT2D eigenvalue weighted by atomic mass is 9.96. The van der Waals surface area contributed by atoms with Gasteiger partial charge in [-0.3, -0.25) is 9.59 Å². The number of aldehydes is 1. The number of amides is 1. The van der Waals surface area contributed by atoms with Crippen molar-refractivity contribution in [1.82, 2.24) is 4.90 Å². The van der Waals surface area contributed by atoms with Crippen LogP contribution in [0.2, 0.25) is 0 Å². The number of rotatable bonds is 11. The largest absolute Gasteiger partial charge is 0.462 e. The molecule has 27 heavy (non-hydrogen) atoms. The fourth-order valence-electron chi connectivity index (χ4n) is 2.57. The number of nitrogens with zero attached hydrogens (tertiary/aromatic N) is 1. The van der Waals surface area contributed by atoms with Crippen LogP contribution in [-0.2, 0) is 20.8 Å². The number of carbonyl (C=O) groups is 3. The molecule has 148 valence electrons. The van der Waals surface area contributed by atoms with Crippen LogP contribution < -0.4 is 9.47 Å². The van der Waals surface area contributed by atoms with E-state index in [1.165, 1.54) is 6.92 Å². The molecule has 0 heterocycles. The number of esters is 1. The van der Waals surface area contributed by atoms with Gasteiger partial charge in [0.1, 0.15) is 17.8 Å². The molecule has 0 fully saturated rings. The van der Waals surface area contributed by atoms with Crippen molar-refractivity contribution >= 4 is 18.2 Å². The number of allylic oxidation sites excluding steroid dienone is 1. The molecule has 0 aliphatic rings. The zero-order valence-corrected chi connectivity index (χ0v) is 16.6. The smallest absolute Gasteiger partial charge is 0.308 e. The average molecular weight is 375 g/mol. The summed E-state index contributed by atoms with van der Waals surface area (Å²) < 4.78 is 10.7.